The lowest BCUT2D eigenvalue weighted by Gasteiger charge is -2.11. The van der Waals surface area contributed by atoms with Crippen LogP contribution < -0.4 is 4.74 Å². The standard InChI is InChI=1S/C15H14O3/c1-11(12-6-3-2-4-7-12)15(17)18-14-9-5-8-13(16)10-14/h2-11,16H,1H3. The van der Waals surface area contributed by atoms with Crippen LogP contribution in [0, 0.1) is 0 Å². The molecule has 92 valence electrons. The van der Waals surface area contributed by atoms with Crippen molar-refractivity contribution in [2.24, 2.45) is 0 Å². The normalized spacial score (nSPS) is 11.8. The van der Waals surface area contributed by atoms with Crippen molar-refractivity contribution in [3.8, 4) is 11.5 Å². The molecule has 1 N–H and O–H groups in total. The molecule has 0 saturated carbocycles. The molecular formula is C15H14O3. The van der Waals surface area contributed by atoms with Gasteiger partial charge >= 0.3 is 5.97 Å². The van der Waals surface area contributed by atoms with Gasteiger partial charge in [0.25, 0.3) is 0 Å². The monoisotopic (exact) mass is 242 g/mol. The molecule has 1 unspecified atom stereocenters. The Bertz CT molecular complexity index is 534. The van der Waals surface area contributed by atoms with E-state index in [1.54, 1.807) is 19.1 Å². The second-order valence-electron chi connectivity index (χ2n) is 4.05. The highest BCUT2D eigenvalue weighted by Crippen LogP contribution is 2.21. The maximum atomic E-state index is 11.9. The van der Waals surface area contributed by atoms with E-state index in [0.717, 1.165) is 5.56 Å². The zero-order valence-corrected chi connectivity index (χ0v) is 10.0. The number of hydrogen-bond donors (Lipinski definition) is 1. The highest BCUT2D eigenvalue weighted by molar-refractivity contribution is 5.79. The van der Waals surface area contributed by atoms with Crippen molar-refractivity contribution in [3.05, 3.63) is 60.2 Å². The lowest BCUT2D eigenvalue weighted by atomic mass is 10.0. The number of ether oxygens (including phenoxy) is 1. The van der Waals surface area contributed by atoms with Gasteiger partial charge in [0, 0.05) is 6.07 Å². The van der Waals surface area contributed by atoms with Crippen molar-refractivity contribution in [3.63, 3.8) is 0 Å². The Kier molecular flexibility index (Phi) is 3.63. The minimum absolute atomic E-state index is 0.0765. The molecule has 0 spiro atoms. The fraction of sp³-hybridized carbons (Fsp3) is 0.133. The van der Waals surface area contributed by atoms with Crippen LogP contribution in [0.3, 0.4) is 0 Å². The van der Waals surface area contributed by atoms with E-state index >= 15 is 0 Å². The summed E-state index contributed by atoms with van der Waals surface area (Å²) in [7, 11) is 0. The largest absolute Gasteiger partial charge is 0.508 e. The summed E-state index contributed by atoms with van der Waals surface area (Å²) in [4.78, 5) is 11.9. The summed E-state index contributed by atoms with van der Waals surface area (Å²) in [5.41, 5.74) is 0.905. The average molecular weight is 242 g/mol. The predicted octanol–water partition coefficient (Wildman–Crippen LogP) is 3.10. The van der Waals surface area contributed by atoms with Gasteiger partial charge in [0.1, 0.15) is 11.5 Å². The van der Waals surface area contributed by atoms with Gasteiger partial charge in [-0.1, -0.05) is 36.4 Å². The number of hydrogen-bond acceptors (Lipinski definition) is 3. The molecule has 2 rings (SSSR count). The van der Waals surface area contributed by atoms with Gasteiger partial charge in [0.05, 0.1) is 5.92 Å². The molecule has 2 aromatic carbocycles. The van der Waals surface area contributed by atoms with Crippen molar-refractivity contribution in [2.45, 2.75) is 12.8 Å². The molecule has 0 aliphatic heterocycles. The lowest BCUT2D eigenvalue weighted by molar-refractivity contribution is -0.135. The Morgan fingerprint density at radius 3 is 2.50 bits per heavy atom. The van der Waals surface area contributed by atoms with Gasteiger partial charge in [0.2, 0.25) is 0 Å². The number of rotatable bonds is 3. The van der Waals surface area contributed by atoms with E-state index in [2.05, 4.69) is 0 Å². The second-order valence-corrected chi connectivity index (χ2v) is 4.05. The molecule has 3 nitrogen and oxygen atoms in total. The third-order valence-corrected chi connectivity index (χ3v) is 2.69. The van der Waals surface area contributed by atoms with E-state index in [1.165, 1.54) is 12.1 Å². The molecule has 2 aromatic rings. The van der Waals surface area contributed by atoms with Crippen LogP contribution in [0.5, 0.6) is 11.5 Å². The zero-order chi connectivity index (χ0) is 13.0. The first-order chi connectivity index (χ1) is 8.66. The van der Waals surface area contributed by atoms with Crippen molar-refractivity contribution >= 4 is 5.97 Å². The molecular weight excluding hydrogens is 228 g/mol. The Labute approximate surface area is 106 Å². The molecule has 0 bridgehead atoms. The molecule has 0 fully saturated rings. The first-order valence-corrected chi connectivity index (χ1v) is 5.72. The van der Waals surface area contributed by atoms with Crippen LogP contribution in [0.2, 0.25) is 0 Å². The molecule has 1 atom stereocenters. The maximum absolute atomic E-state index is 11.9. The SMILES string of the molecule is CC(C(=O)Oc1cccc(O)c1)c1ccccc1. The summed E-state index contributed by atoms with van der Waals surface area (Å²) in [5.74, 6) is -0.254. The third kappa shape index (κ3) is 2.88. The highest BCUT2D eigenvalue weighted by atomic mass is 16.5. The molecule has 0 amide bonds. The van der Waals surface area contributed by atoms with E-state index in [-0.39, 0.29) is 17.6 Å². The van der Waals surface area contributed by atoms with Crippen LogP contribution in [0.25, 0.3) is 0 Å². The Morgan fingerprint density at radius 2 is 1.83 bits per heavy atom. The molecule has 0 saturated heterocycles. The van der Waals surface area contributed by atoms with Crippen molar-refractivity contribution in [2.75, 3.05) is 0 Å². The second kappa shape index (κ2) is 5.36. The van der Waals surface area contributed by atoms with Gasteiger partial charge in [0.15, 0.2) is 0 Å². The van der Waals surface area contributed by atoms with Crippen molar-refractivity contribution in [1.29, 1.82) is 0 Å². The summed E-state index contributed by atoms with van der Waals surface area (Å²) in [6.07, 6.45) is 0. The van der Waals surface area contributed by atoms with E-state index in [0.29, 0.717) is 5.75 Å². The van der Waals surface area contributed by atoms with Crippen molar-refractivity contribution < 1.29 is 14.6 Å². The van der Waals surface area contributed by atoms with Crippen LogP contribution in [-0.4, -0.2) is 11.1 Å². The molecule has 0 heterocycles. The van der Waals surface area contributed by atoms with Gasteiger partial charge in [-0.2, -0.15) is 0 Å². The fourth-order valence-electron chi connectivity index (χ4n) is 1.63. The number of aromatic hydroxyl groups is 1. The van der Waals surface area contributed by atoms with Crippen LogP contribution in [-0.2, 0) is 4.79 Å². The Morgan fingerprint density at radius 1 is 1.11 bits per heavy atom. The van der Waals surface area contributed by atoms with Gasteiger partial charge in [-0.15, -0.1) is 0 Å². The molecule has 0 aliphatic carbocycles. The minimum atomic E-state index is -0.341. The molecule has 3 heteroatoms. The first-order valence-electron chi connectivity index (χ1n) is 5.72. The summed E-state index contributed by atoms with van der Waals surface area (Å²) in [6, 6.07) is 15.6. The van der Waals surface area contributed by atoms with Crippen LogP contribution >= 0.6 is 0 Å². The number of phenols is 1. The Hall–Kier alpha value is -2.29. The molecule has 18 heavy (non-hydrogen) atoms. The van der Waals surface area contributed by atoms with Gasteiger partial charge in [-0.25, -0.2) is 0 Å². The number of benzene rings is 2. The molecule has 0 aromatic heterocycles. The smallest absolute Gasteiger partial charge is 0.318 e. The van der Waals surface area contributed by atoms with E-state index in [1.807, 2.05) is 30.3 Å². The predicted molar refractivity (Wildman–Crippen MR) is 68.6 cm³/mol. The summed E-state index contributed by atoms with van der Waals surface area (Å²) in [6.45, 7) is 1.79. The number of carbonyl (C=O) groups is 1. The van der Waals surface area contributed by atoms with E-state index in [4.69, 9.17) is 4.74 Å². The van der Waals surface area contributed by atoms with Gasteiger partial charge in [-0.05, 0) is 24.6 Å². The quantitative estimate of drug-likeness (QED) is 0.664. The third-order valence-electron chi connectivity index (χ3n) is 2.69. The van der Waals surface area contributed by atoms with Gasteiger partial charge < -0.3 is 9.84 Å². The highest BCUT2D eigenvalue weighted by Gasteiger charge is 2.17. The fourth-order valence-corrected chi connectivity index (χ4v) is 1.63. The Balaban J connectivity index is 2.09. The topological polar surface area (TPSA) is 46.5 Å². The number of esters is 1. The molecule has 0 radical (unpaired) electrons. The van der Waals surface area contributed by atoms with Crippen LogP contribution in [0.4, 0.5) is 0 Å². The van der Waals surface area contributed by atoms with E-state index < -0.39 is 0 Å². The number of carbonyl (C=O) groups excluding carboxylic acids is 1. The maximum Gasteiger partial charge on any atom is 0.318 e. The first kappa shape index (κ1) is 12.2. The van der Waals surface area contributed by atoms with Crippen LogP contribution in [0.1, 0.15) is 18.4 Å². The molecule has 0 aliphatic rings. The van der Waals surface area contributed by atoms with E-state index in [9.17, 15) is 9.90 Å². The lowest BCUT2D eigenvalue weighted by Crippen LogP contribution is -2.16. The zero-order valence-electron chi connectivity index (χ0n) is 10.0. The summed E-state index contributed by atoms with van der Waals surface area (Å²) < 4.78 is 5.21. The number of phenolic OH excluding ortho intramolecular Hbond substituents is 1. The minimum Gasteiger partial charge on any atom is -0.508 e. The van der Waals surface area contributed by atoms with Gasteiger partial charge in [-0.3, -0.25) is 4.79 Å². The summed E-state index contributed by atoms with van der Waals surface area (Å²) >= 11 is 0. The van der Waals surface area contributed by atoms with Crippen LogP contribution in [0.15, 0.2) is 54.6 Å². The van der Waals surface area contributed by atoms with Crippen molar-refractivity contribution in [1.82, 2.24) is 0 Å². The summed E-state index contributed by atoms with van der Waals surface area (Å²) in [5, 5.41) is 9.29. The average Bonchev–Trinajstić information content (AvgIpc) is 2.39.